The molecule has 2 aliphatic rings. The maximum absolute atomic E-state index is 12.4. The first-order valence-corrected chi connectivity index (χ1v) is 12.6. The summed E-state index contributed by atoms with van der Waals surface area (Å²) >= 11 is 0. The highest BCUT2D eigenvalue weighted by Crippen LogP contribution is 2.30. The molecule has 0 N–H and O–H groups in total. The Morgan fingerprint density at radius 1 is 0.882 bits per heavy atom. The number of carbonyl (C=O) groups excluding carboxylic acids is 1. The van der Waals surface area contributed by atoms with E-state index in [4.69, 9.17) is 0 Å². The van der Waals surface area contributed by atoms with Crippen LogP contribution in [0.3, 0.4) is 0 Å². The van der Waals surface area contributed by atoms with Gasteiger partial charge in [0.05, 0.1) is 11.2 Å². The van der Waals surface area contributed by atoms with Gasteiger partial charge in [0.25, 0.3) is 0 Å². The van der Waals surface area contributed by atoms with Crippen LogP contribution in [0.5, 0.6) is 0 Å². The van der Waals surface area contributed by atoms with E-state index < -0.39 is 0 Å². The van der Waals surface area contributed by atoms with Crippen LogP contribution in [-0.2, 0) is 4.79 Å². The van der Waals surface area contributed by atoms with Crippen LogP contribution < -0.4 is 9.80 Å². The molecule has 3 aromatic rings. The summed E-state index contributed by atoms with van der Waals surface area (Å²) in [6, 6.07) is 13.3. The third-order valence-electron chi connectivity index (χ3n) is 7.30. The molecule has 4 heterocycles. The van der Waals surface area contributed by atoms with Gasteiger partial charge in [-0.25, -0.2) is 4.52 Å². The normalized spacial score (nSPS) is 17.7. The van der Waals surface area contributed by atoms with Crippen molar-refractivity contribution in [2.75, 3.05) is 68.7 Å². The fraction of sp³-hybridized carbons (Fsp3) is 0.481. The quantitative estimate of drug-likeness (QED) is 0.584. The first-order valence-electron chi connectivity index (χ1n) is 12.6. The van der Waals surface area contributed by atoms with E-state index in [-0.39, 0.29) is 11.8 Å². The van der Waals surface area contributed by atoms with Crippen molar-refractivity contribution in [3.8, 4) is 11.1 Å². The number of aromatic nitrogens is 2. The Morgan fingerprint density at radius 3 is 2.21 bits per heavy atom. The molecule has 5 rings (SSSR count). The number of benzene rings is 1. The van der Waals surface area contributed by atoms with E-state index in [9.17, 15) is 4.79 Å². The number of fused-ring (bicyclic) bond motifs is 1. The molecule has 2 aliphatic heterocycles. The van der Waals surface area contributed by atoms with Gasteiger partial charge in [-0.2, -0.15) is 5.10 Å². The minimum Gasteiger partial charge on any atom is -0.369 e. The summed E-state index contributed by atoms with van der Waals surface area (Å²) in [5.41, 5.74) is 5.98. The summed E-state index contributed by atoms with van der Waals surface area (Å²) in [5.74, 6) is 0.305. The van der Waals surface area contributed by atoms with Crippen molar-refractivity contribution >= 4 is 22.8 Å². The van der Waals surface area contributed by atoms with Crippen LogP contribution in [-0.4, -0.2) is 84.2 Å². The molecule has 1 amide bonds. The fourth-order valence-corrected chi connectivity index (χ4v) is 5.15. The number of nitrogens with zero attached hydrogens (tertiary/aromatic N) is 6. The molecule has 0 spiro atoms. The zero-order chi connectivity index (χ0) is 23.7. The van der Waals surface area contributed by atoms with Gasteiger partial charge in [-0.3, -0.25) is 4.79 Å². The number of hydrogen-bond acceptors (Lipinski definition) is 5. The smallest absolute Gasteiger partial charge is 0.225 e. The molecular weight excluding hydrogens is 424 g/mol. The van der Waals surface area contributed by atoms with Gasteiger partial charge in [0.2, 0.25) is 5.91 Å². The average molecular weight is 461 g/mol. The minimum atomic E-state index is 0.0553. The molecule has 0 radical (unpaired) electrons. The number of carbonyl (C=O) groups is 1. The van der Waals surface area contributed by atoms with Gasteiger partial charge in [0, 0.05) is 81.9 Å². The Morgan fingerprint density at radius 2 is 1.56 bits per heavy atom. The van der Waals surface area contributed by atoms with Crippen LogP contribution in [0.4, 0.5) is 11.4 Å². The molecule has 0 aliphatic carbocycles. The van der Waals surface area contributed by atoms with Crippen molar-refractivity contribution in [3.63, 3.8) is 0 Å². The van der Waals surface area contributed by atoms with Crippen molar-refractivity contribution in [2.24, 2.45) is 5.92 Å². The summed E-state index contributed by atoms with van der Waals surface area (Å²) < 4.78 is 1.98. The maximum Gasteiger partial charge on any atom is 0.225 e. The second-order valence-electron chi connectivity index (χ2n) is 9.71. The molecule has 2 fully saturated rings. The summed E-state index contributed by atoms with van der Waals surface area (Å²) in [5, 5.41) is 4.57. The molecule has 1 aromatic carbocycles. The van der Waals surface area contributed by atoms with Crippen LogP contribution in [0.2, 0.25) is 0 Å². The Hall–Kier alpha value is -3.06. The topological polar surface area (TPSA) is 47.3 Å². The molecule has 2 saturated heterocycles. The predicted molar refractivity (Wildman–Crippen MR) is 139 cm³/mol. The lowest BCUT2D eigenvalue weighted by Crippen LogP contribution is -2.50. The SMILES string of the molecule is CCN1CCN(c2ccc(-c3cc4c(N5CCN(C(=O)C(C)C)CC5)ccnn4c3)cc2)CC1. The second kappa shape index (κ2) is 9.66. The molecule has 34 heavy (non-hydrogen) atoms. The maximum atomic E-state index is 12.4. The van der Waals surface area contributed by atoms with Gasteiger partial charge < -0.3 is 19.6 Å². The van der Waals surface area contributed by atoms with Crippen molar-refractivity contribution in [3.05, 3.63) is 48.8 Å². The van der Waals surface area contributed by atoms with Crippen molar-refractivity contribution < 1.29 is 4.79 Å². The van der Waals surface area contributed by atoms with Gasteiger partial charge >= 0.3 is 0 Å². The third-order valence-corrected chi connectivity index (χ3v) is 7.30. The van der Waals surface area contributed by atoms with E-state index in [0.29, 0.717) is 0 Å². The molecule has 0 atom stereocenters. The van der Waals surface area contributed by atoms with E-state index in [0.717, 1.165) is 64.4 Å². The van der Waals surface area contributed by atoms with Crippen molar-refractivity contribution in [2.45, 2.75) is 20.8 Å². The van der Waals surface area contributed by atoms with Gasteiger partial charge in [-0.05, 0) is 36.4 Å². The second-order valence-corrected chi connectivity index (χ2v) is 9.71. The van der Waals surface area contributed by atoms with E-state index in [1.165, 1.54) is 22.5 Å². The van der Waals surface area contributed by atoms with E-state index in [1.807, 2.05) is 29.5 Å². The number of hydrogen-bond donors (Lipinski definition) is 0. The standard InChI is InChI=1S/C27H36N6O/c1-4-29-11-13-30(14-12-29)24-7-5-22(6-8-24)23-19-26-25(9-10-28-33(26)20-23)31-15-17-32(18-16-31)27(34)21(2)3/h5-10,19-21H,4,11-18H2,1-3H3. The van der Waals surface area contributed by atoms with Crippen LogP contribution >= 0.6 is 0 Å². The van der Waals surface area contributed by atoms with Crippen molar-refractivity contribution in [1.82, 2.24) is 19.4 Å². The van der Waals surface area contributed by atoms with Crippen LogP contribution in [0.1, 0.15) is 20.8 Å². The zero-order valence-corrected chi connectivity index (χ0v) is 20.7. The van der Waals surface area contributed by atoms with E-state index in [1.54, 1.807) is 0 Å². The molecule has 7 nitrogen and oxygen atoms in total. The van der Waals surface area contributed by atoms with Gasteiger partial charge in [0.1, 0.15) is 0 Å². The first kappa shape index (κ1) is 22.7. The molecule has 2 aromatic heterocycles. The Kier molecular flexibility index (Phi) is 6.46. The van der Waals surface area contributed by atoms with Gasteiger partial charge in [-0.15, -0.1) is 0 Å². The van der Waals surface area contributed by atoms with Crippen LogP contribution in [0.15, 0.2) is 48.8 Å². The first-order chi connectivity index (χ1) is 16.5. The van der Waals surface area contributed by atoms with Gasteiger partial charge in [-0.1, -0.05) is 32.9 Å². The highest BCUT2D eigenvalue weighted by Gasteiger charge is 2.24. The highest BCUT2D eigenvalue weighted by molar-refractivity contribution is 5.81. The molecular formula is C27H36N6O. The Labute approximate surface area is 202 Å². The number of likely N-dealkylation sites (N-methyl/N-ethyl adjacent to an activating group) is 1. The lowest BCUT2D eigenvalue weighted by molar-refractivity contribution is -0.134. The minimum absolute atomic E-state index is 0.0553. The van der Waals surface area contributed by atoms with E-state index in [2.05, 4.69) is 69.3 Å². The fourth-order valence-electron chi connectivity index (χ4n) is 5.15. The van der Waals surface area contributed by atoms with Crippen molar-refractivity contribution in [1.29, 1.82) is 0 Å². The lowest BCUT2D eigenvalue weighted by atomic mass is 10.1. The third kappa shape index (κ3) is 4.49. The Bertz CT molecular complexity index is 1120. The molecule has 7 heteroatoms. The summed E-state index contributed by atoms with van der Waals surface area (Å²) in [6.07, 6.45) is 3.99. The molecule has 0 unspecified atom stereocenters. The van der Waals surface area contributed by atoms with E-state index >= 15 is 0 Å². The summed E-state index contributed by atoms with van der Waals surface area (Å²) in [7, 11) is 0. The Balaban J connectivity index is 1.32. The average Bonchev–Trinajstić information content (AvgIpc) is 3.33. The number of rotatable bonds is 5. The largest absolute Gasteiger partial charge is 0.369 e. The number of piperazine rings is 2. The number of anilines is 2. The zero-order valence-electron chi connectivity index (χ0n) is 20.7. The predicted octanol–water partition coefficient (Wildman–Crippen LogP) is 3.45. The molecule has 0 bridgehead atoms. The summed E-state index contributed by atoms with van der Waals surface area (Å²) in [4.78, 5) is 21.7. The van der Waals surface area contributed by atoms with Crippen LogP contribution in [0, 0.1) is 5.92 Å². The molecule has 0 saturated carbocycles. The lowest BCUT2D eigenvalue weighted by Gasteiger charge is -2.37. The summed E-state index contributed by atoms with van der Waals surface area (Å²) in [6.45, 7) is 15.0. The highest BCUT2D eigenvalue weighted by atomic mass is 16.2. The monoisotopic (exact) mass is 460 g/mol. The molecule has 180 valence electrons. The number of amides is 1. The van der Waals surface area contributed by atoms with Gasteiger partial charge in [0.15, 0.2) is 0 Å². The van der Waals surface area contributed by atoms with Crippen LogP contribution in [0.25, 0.3) is 16.6 Å².